The summed E-state index contributed by atoms with van der Waals surface area (Å²) in [5, 5.41) is 0. The number of nitrogens with two attached hydrogens (primary N) is 1. The van der Waals surface area contributed by atoms with Gasteiger partial charge < -0.3 is 15.4 Å². The maximum absolute atomic E-state index is 11.7. The van der Waals surface area contributed by atoms with Gasteiger partial charge in [0.05, 0.1) is 6.10 Å². The van der Waals surface area contributed by atoms with Crippen molar-refractivity contribution in [1.29, 1.82) is 0 Å². The molecule has 1 heterocycles. The van der Waals surface area contributed by atoms with Crippen molar-refractivity contribution in [2.75, 3.05) is 19.7 Å². The summed E-state index contributed by atoms with van der Waals surface area (Å²) in [6.07, 6.45) is 3.05. The predicted molar refractivity (Wildman–Crippen MR) is 57.3 cm³/mol. The third-order valence-corrected chi connectivity index (χ3v) is 3.48. The maximum Gasteiger partial charge on any atom is 0.223 e. The number of hydrogen-bond acceptors (Lipinski definition) is 3. The number of hydrogen-bond donors (Lipinski definition) is 1. The highest BCUT2D eigenvalue weighted by molar-refractivity contribution is 5.79. The van der Waals surface area contributed by atoms with Gasteiger partial charge in [0.1, 0.15) is 0 Å². The first-order valence-corrected chi connectivity index (χ1v) is 5.85. The van der Waals surface area contributed by atoms with Crippen LogP contribution in [0.25, 0.3) is 0 Å². The molecule has 1 atom stereocenters. The Morgan fingerprint density at radius 1 is 1.53 bits per heavy atom. The van der Waals surface area contributed by atoms with Gasteiger partial charge >= 0.3 is 0 Å². The fraction of sp³-hybridized carbons (Fsp3) is 0.909. The standard InChI is InChI=1S/C11H20N2O2/c1-2-15-10-4-9(5-10)13-7-8(6-12)3-11(13)14/h8-10H,2-7,12H2,1H3. The summed E-state index contributed by atoms with van der Waals surface area (Å²) in [5.74, 6) is 0.661. The van der Waals surface area contributed by atoms with Crippen molar-refractivity contribution in [3.8, 4) is 0 Å². The minimum Gasteiger partial charge on any atom is -0.378 e. The molecule has 1 aliphatic heterocycles. The van der Waals surface area contributed by atoms with Crippen molar-refractivity contribution in [2.45, 2.75) is 38.3 Å². The molecule has 0 radical (unpaired) electrons. The Balaban J connectivity index is 1.79. The summed E-state index contributed by atoms with van der Waals surface area (Å²) in [4.78, 5) is 13.7. The van der Waals surface area contributed by atoms with Gasteiger partial charge in [0, 0.05) is 25.6 Å². The summed E-state index contributed by atoms with van der Waals surface area (Å²) in [6.45, 7) is 4.28. The van der Waals surface area contributed by atoms with E-state index in [1.165, 1.54) is 0 Å². The summed E-state index contributed by atoms with van der Waals surface area (Å²) < 4.78 is 5.49. The second-order valence-electron chi connectivity index (χ2n) is 4.55. The maximum atomic E-state index is 11.7. The first-order chi connectivity index (χ1) is 7.24. The van der Waals surface area contributed by atoms with Gasteiger partial charge in [-0.3, -0.25) is 4.79 Å². The van der Waals surface area contributed by atoms with Crippen LogP contribution >= 0.6 is 0 Å². The van der Waals surface area contributed by atoms with Gasteiger partial charge in [-0.25, -0.2) is 0 Å². The van der Waals surface area contributed by atoms with E-state index in [4.69, 9.17) is 10.5 Å². The molecule has 0 bridgehead atoms. The molecule has 15 heavy (non-hydrogen) atoms. The summed E-state index contributed by atoms with van der Waals surface area (Å²) in [6, 6.07) is 0.422. The normalized spacial score (nSPS) is 35.7. The third kappa shape index (κ3) is 2.16. The van der Waals surface area contributed by atoms with E-state index in [2.05, 4.69) is 0 Å². The SMILES string of the molecule is CCOC1CC(N2CC(CN)CC2=O)C1. The molecule has 0 aromatic carbocycles. The number of carbonyl (C=O) groups excluding carboxylic acids is 1. The van der Waals surface area contributed by atoms with Gasteiger partial charge in [-0.2, -0.15) is 0 Å². The number of amides is 1. The molecule has 86 valence electrons. The topological polar surface area (TPSA) is 55.6 Å². The average Bonchev–Trinajstić information content (AvgIpc) is 2.53. The van der Waals surface area contributed by atoms with E-state index >= 15 is 0 Å². The minimum absolute atomic E-state index is 0.283. The zero-order chi connectivity index (χ0) is 10.8. The van der Waals surface area contributed by atoms with Crippen LogP contribution in [0.5, 0.6) is 0 Å². The zero-order valence-corrected chi connectivity index (χ0v) is 9.32. The fourth-order valence-corrected chi connectivity index (χ4v) is 2.48. The first kappa shape index (κ1) is 10.9. The quantitative estimate of drug-likeness (QED) is 0.732. The van der Waals surface area contributed by atoms with Crippen molar-refractivity contribution in [3.63, 3.8) is 0 Å². The second kappa shape index (κ2) is 4.49. The molecule has 4 nitrogen and oxygen atoms in total. The highest BCUT2D eigenvalue weighted by Gasteiger charge is 2.40. The molecule has 2 aliphatic rings. The number of rotatable bonds is 4. The van der Waals surface area contributed by atoms with E-state index in [1.54, 1.807) is 0 Å². The lowest BCUT2D eigenvalue weighted by Gasteiger charge is -2.40. The molecule has 2 N–H and O–H groups in total. The highest BCUT2D eigenvalue weighted by atomic mass is 16.5. The average molecular weight is 212 g/mol. The van der Waals surface area contributed by atoms with Crippen LogP contribution in [0.1, 0.15) is 26.2 Å². The van der Waals surface area contributed by atoms with Gasteiger partial charge in [-0.05, 0) is 32.2 Å². The summed E-state index contributed by atoms with van der Waals surface area (Å²) in [5.41, 5.74) is 5.59. The Kier molecular flexibility index (Phi) is 3.26. The molecule has 0 spiro atoms. The van der Waals surface area contributed by atoms with Crippen molar-refractivity contribution in [3.05, 3.63) is 0 Å². The van der Waals surface area contributed by atoms with Gasteiger partial charge in [-0.15, -0.1) is 0 Å². The van der Waals surface area contributed by atoms with E-state index in [-0.39, 0.29) is 5.91 Å². The Morgan fingerprint density at radius 3 is 2.80 bits per heavy atom. The molecule has 1 saturated heterocycles. The Bertz CT molecular complexity index is 239. The third-order valence-electron chi connectivity index (χ3n) is 3.48. The van der Waals surface area contributed by atoms with Crippen LogP contribution in [0.15, 0.2) is 0 Å². The lowest BCUT2D eigenvalue weighted by Crippen LogP contribution is -2.48. The smallest absolute Gasteiger partial charge is 0.223 e. The lowest BCUT2D eigenvalue weighted by molar-refractivity contribution is -0.134. The minimum atomic E-state index is 0.283. The molecular weight excluding hydrogens is 192 g/mol. The molecule has 1 amide bonds. The summed E-state index contributed by atoms with van der Waals surface area (Å²) in [7, 11) is 0. The Labute approximate surface area is 90.8 Å². The van der Waals surface area contributed by atoms with Crippen LogP contribution in [-0.4, -0.2) is 42.6 Å². The zero-order valence-electron chi connectivity index (χ0n) is 9.32. The monoisotopic (exact) mass is 212 g/mol. The van der Waals surface area contributed by atoms with Gasteiger partial charge in [-0.1, -0.05) is 0 Å². The molecule has 1 aliphatic carbocycles. The number of ether oxygens (including phenoxy) is 1. The van der Waals surface area contributed by atoms with Gasteiger partial charge in [0.15, 0.2) is 0 Å². The van der Waals surface area contributed by atoms with Crippen LogP contribution in [0, 0.1) is 5.92 Å². The van der Waals surface area contributed by atoms with E-state index < -0.39 is 0 Å². The van der Waals surface area contributed by atoms with Crippen molar-refractivity contribution >= 4 is 5.91 Å². The molecular formula is C11H20N2O2. The highest BCUT2D eigenvalue weighted by Crippen LogP contribution is 2.32. The predicted octanol–water partition coefficient (Wildman–Crippen LogP) is 0.361. The molecule has 0 aromatic heterocycles. The molecule has 0 aromatic rings. The Morgan fingerprint density at radius 2 is 2.27 bits per heavy atom. The van der Waals surface area contributed by atoms with Gasteiger partial charge in [0.2, 0.25) is 5.91 Å². The molecule has 4 heteroatoms. The van der Waals surface area contributed by atoms with Crippen molar-refractivity contribution in [1.82, 2.24) is 4.90 Å². The first-order valence-electron chi connectivity index (χ1n) is 5.85. The van der Waals surface area contributed by atoms with Crippen molar-refractivity contribution < 1.29 is 9.53 Å². The van der Waals surface area contributed by atoms with Crippen LogP contribution in [0.4, 0.5) is 0 Å². The fourth-order valence-electron chi connectivity index (χ4n) is 2.48. The number of nitrogens with zero attached hydrogens (tertiary/aromatic N) is 1. The van der Waals surface area contributed by atoms with Crippen LogP contribution < -0.4 is 5.73 Å². The summed E-state index contributed by atoms with van der Waals surface area (Å²) >= 11 is 0. The van der Waals surface area contributed by atoms with Crippen molar-refractivity contribution in [2.24, 2.45) is 11.7 Å². The molecule has 1 unspecified atom stereocenters. The lowest BCUT2D eigenvalue weighted by atomic mass is 9.88. The van der Waals surface area contributed by atoms with E-state index in [1.807, 2.05) is 11.8 Å². The molecule has 2 fully saturated rings. The van der Waals surface area contributed by atoms with E-state index in [0.29, 0.717) is 31.0 Å². The van der Waals surface area contributed by atoms with E-state index in [0.717, 1.165) is 26.0 Å². The number of carbonyl (C=O) groups is 1. The largest absolute Gasteiger partial charge is 0.378 e. The van der Waals surface area contributed by atoms with E-state index in [9.17, 15) is 4.79 Å². The van der Waals surface area contributed by atoms with Crippen LogP contribution in [0.3, 0.4) is 0 Å². The van der Waals surface area contributed by atoms with Crippen LogP contribution in [0.2, 0.25) is 0 Å². The molecule has 2 rings (SSSR count). The van der Waals surface area contributed by atoms with Crippen LogP contribution in [-0.2, 0) is 9.53 Å². The Hall–Kier alpha value is -0.610. The second-order valence-corrected chi connectivity index (χ2v) is 4.55. The van der Waals surface area contributed by atoms with Gasteiger partial charge in [0.25, 0.3) is 0 Å². The molecule has 1 saturated carbocycles. The number of likely N-dealkylation sites (tertiary alicyclic amines) is 1.